The first kappa shape index (κ1) is 24.0. The van der Waals surface area contributed by atoms with E-state index in [9.17, 15) is 22.8 Å². The Morgan fingerprint density at radius 1 is 1.22 bits per heavy atom. The number of amides is 1. The number of carbonyl (C=O) groups excluding carboxylic acids is 2. The lowest BCUT2D eigenvalue weighted by atomic mass is 9.98. The van der Waals surface area contributed by atoms with Crippen LogP contribution in [-0.2, 0) is 11.0 Å². The summed E-state index contributed by atoms with van der Waals surface area (Å²) >= 11 is 0. The van der Waals surface area contributed by atoms with Gasteiger partial charge in [-0.25, -0.2) is 4.68 Å². The molecule has 1 saturated heterocycles. The van der Waals surface area contributed by atoms with Crippen LogP contribution in [0.2, 0.25) is 0 Å². The van der Waals surface area contributed by atoms with Crippen LogP contribution in [0.4, 0.5) is 13.2 Å². The first-order chi connectivity index (χ1) is 15.0. The highest BCUT2D eigenvalue weighted by atomic mass is 19.4. The fourth-order valence-electron chi connectivity index (χ4n) is 4.07. The first-order valence-electron chi connectivity index (χ1n) is 10.8. The van der Waals surface area contributed by atoms with Crippen molar-refractivity contribution in [2.75, 3.05) is 19.6 Å². The van der Waals surface area contributed by atoms with Crippen molar-refractivity contribution in [1.29, 1.82) is 0 Å². The number of halogens is 3. The van der Waals surface area contributed by atoms with E-state index in [2.05, 4.69) is 22.2 Å². The normalized spacial score (nSPS) is 16.7. The van der Waals surface area contributed by atoms with Crippen LogP contribution in [0.3, 0.4) is 0 Å². The number of nitrogens with one attached hydrogen (secondary N) is 1. The van der Waals surface area contributed by atoms with Crippen molar-refractivity contribution in [3.8, 4) is 5.69 Å². The number of alkyl halides is 3. The number of likely N-dealkylation sites (tertiary alicyclic amines) is 1. The van der Waals surface area contributed by atoms with Gasteiger partial charge in [-0.1, -0.05) is 13.0 Å². The van der Waals surface area contributed by atoms with Crippen molar-refractivity contribution in [2.45, 2.75) is 52.8 Å². The molecule has 0 spiro atoms. The molecule has 3 rings (SSSR count). The smallest absolute Gasteiger partial charge is 0.348 e. The summed E-state index contributed by atoms with van der Waals surface area (Å²) in [7, 11) is 0. The van der Waals surface area contributed by atoms with Gasteiger partial charge in [0.15, 0.2) is 0 Å². The number of ketones is 1. The number of piperidine rings is 1. The molecule has 1 N–H and O–H groups in total. The standard InChI is InChI=1S/C23H29F3N4O2/c1-14-8-10-29(11-9-14)15(2)13-27-22(32)21(31)20-16(3)28-30(17(20)4)19-7-5-6-18(12-19)23(24,25)26/h5-7,12,14-15H,8-11,13H2,1-4H3,(H,27,32). The lowest BCUT2D eigenvalue weighted by Crippen LogP contribution is -2.46. The Hall–Kier alpha value is -2.68. The maximum absolute atomic E-state index is 13.1. The largest absolute Gasteiger partial charge is 0.416 e. The summed E-state index contributed by atoms with van der Waals surface area (Å²) in [6, 6.07) is 4.80. The third-order valence-corrected chi connectivity index (χ3v) is 6.14. The highest BCUT2D eigenvalue weighted by molar-refractivity contribution is 6.43. The summed E-state index contributed by atoms with van der Waals surface area (Å²) < 4.78 is 40.5. The van der Waals surface area contributed by atoms with E-state index >= 15 is 0 Å². The molecule has 2 heterocycles. The van der Waals surface area contributed by atoms with Gasteiger partial charge < -0.3 is 5.32 Å². The Morgan fingerprint density at radius 3 is 2.50 bits per heavy atom. The summed E-state index contributed by atoms with van der Waals surface area (Å²) in [4.78, 5) is 27.7. The number of hydrogen-bond donors (Lipinski definition) is 1. The van der Waals surface area contributed by atoms with Crippen LogP contribution in [-0.4, -0.2) is 52.0 Å². The molecule has 0 saturated carbocycles. The zero-order chi connectivity index (χ0) is 23.6. The lowest BCUT2D eigenvalue weighted by Gasteiger charge is -2.34. The van der Waals surface area contributed by atoms with Gasteiger partial charge in [-0.3, -0.25) is 14.5 Å². The lowest BCUT2D eigenvalue weighted by molar-refractivity contribution is -0.137. The highest BCUT2D eigenvalue weighted by Gasteiger charge is 2.31. The van der Waals surface area contributed by atoms with Gasteiger partial charge in [0.05, 0.1) is 28.2 Å². The molecule has 0 aliphatic carbocycles. The fourth-order valence-corrected chi connectivity index (χ4v) is 4.07. The Labute approximate surface area is 185 Å². The second-order valence-electron chi connectivity index (χ2n) is 8.61. The maximum Gasteiger partial charge on any atom is 0.416 e. The Balaban J connectivity index is 1.72. The van der Waals surface area contributed by atoms with Crippen LogP contribution in [0.5, 0.6) is 0 Å². The molecule has 1 atom stereocenters. The summed E-state index contributed by atoms with van der Waals surface area (Å²) in [5, 5.41) is 6.93. The number of aromatic nitrogens is 2. The van der Waals surface area contributed by atoms with E-state index in [-0.39, 0.29) is 23.0 Å². The number of benzene rings is 1. The Morgan fingerprint density at radius 2 is 1.88 bits per heavy atom. The molecule has 1 aromatic heterocycles. The van der Waals surface area contributed by atoms with Crippen LogP contribution >= 0.6 is 0 Å². The third-order valence-electron chi connectivity index (χ3n) is 6.14. The Bertz CT molecular complexity index is 992. The molecule has 0 bridgehead atoms. The van der Waals surface area contributed by atoms with Gasteiger partial charge in [0, 0.05) is 12.6 Å². The number of aryl methyl sites for hydroxylation is 1. The quantitative estimate of drug-likeness (QED) is 0.535. The zero-order valence-electron chi connectivity index (χ0n) is 18.8. The molecule has 1 aromatic carbocycles. The minimum Gasteiger partial charge on any atom is -0.348 e. The van der Waals surface area contributed by atoms with Gasteiger partial charge >= 0.3 is 6.18 Å². The van der Waals surface area contributed by atoms with E-state index in [1.165, 1.54) is 16.8 Å². The second-order valence-corrected chi connectivity index (χ2v) is 8.61. The molecule has 1 fully saturated rings. The van der Waals surface area contributed by atoms with E-state index in [0.29, 0.717) is 18.2 Å². The molecule has 1 aliphatic rings. The number of Topliss-reactive ketones (excluding diaryl/α,β-unsaturated/α-hetero) is 1. The summed E-state index contributed by atoms with van der Waals surface area (Å²) in [6.45, 7) is 9.66. The van der Waals surface area contributed by atoms with Crippen LogP contribution in [0.15, 0.2) is 24.3 Å². The van der Waals surface area contributed by atoms with Gasteiger partial charge in [0.25, 0.3) is 11.7 Å². The van der Waals surface area contributed by atoms with E-state index in [0.717, 1.165) is 38.1 Å². The minimum absolute atomic E-state index is 0.106. The van der Waals surface area contributed by atoms with Crippen molar-refractivity contribution in [3.05, 3.63) is 46.8 Å². The Kier molecular flexibility index (Phi) is 7.07. The average molecular weight is 451 g/mol. The average Bonchev–Trinajstić information content (AvgIpc) is 3.05. The van der Waals surface area contributed by atoms with E-state index in [1.54, 1.807) is 13.8 Å². The van der Waals surface area contributed by atoms with Gasteiger partial charge in [-0.05, 0) is 70.8 Å². The second kappa shape index (κ2) is 9.44. The van der Waals surface area contributed by atoms with Gasteiger partial charge in [-0.2, -0.15) is 18.3 Å². The van der Waals surface area contributed by atoms with Crippen LogP contribution in [0.25, 0.3) is 5.69 Å². The summed E-state index contributed by atoms with van der Waals surface area (Å²) in [6.07, 6.45) is -2.26. The van der Waals surface area contributed by atoms with Crippen LogP contribution in [0.1, 0.15) is 54.0 Å². The summed E-state index contributed by atoms with van der Waals surface area (Å²) in [5.41, 5.74) is 0.0830. The van der Waals surface area contributed by atoms with E-state index < -0.39 is 23.4 Å². The van der Waals surface area contributed by atoms with E-state index in [1.807, 2.05) is 6.92 Å². The van der Waals surface area contributed by atoms with Gasteiger partial charge in [-0.15, -0.1) is 0 Å². The molecule has 32 heavy (non-hydrogen) atoms. The number of hydrogen-bond acceptors (Lipinski definition) is 4. The van der Waals surface area contributed by atoms with Gasteiger partial charge in [0.1, 0.15) is 0 Å². The molecule has 6 nitrogen and oxygen atoms in total. The van der Waals surface area contributed by atoms with Crippen molar-refractivity contribution in [3.63, 3.8) is 0 Å². The fraction of sp³-hybridized carbons (Fsp3) is 0.522. The molecule has 1 aliphatic heterocycles. The molecule has 9 heteroatoms. The number of nitrogens with zero attached hydrogens (tertiary/aromatic N) is 3. The molecule has 1 unspecified atom stereocenters. The summed E-state index contributed by atoms with van der Waals surface area (Å²) in [5.74, 6) is -0.774. The van der Waals surface area contributed by atoms with E-state index in [4.69, 9.17) is 0 Å². The SMILES string of the molecule is Cc1nn(-c2cccc(C(F)(F)F)c2)c(C)c1C(=O)C(=O)NCC(C)N1CCC(C)CC1. The maximum atomic E-state index is 13.1. The number of carbonyl (C=O) groups is 2. The van der Waals surface area contributed by atoms with Crippen LogP contribution < -0.4 is 5.32 Å². The van der Waals surface area contributed by atoms with Crippen molar-refractivity contribution in [1.82, 2.24) is 20.0 Å². The monoisotopic (exact) mass is 450 g/mol. The van der Waals surface area contributed by atoms with Crippen molar-refractivity contribution in [2.24, 2.45) is 5.92 Å². The molecule has 174 valence electrons. The molecule has 2 aromatic rings. The predicted octanol–water partition coefficient (Wildman–Crippen LogP) is 3.93. The highest BCUT2D eigenvalue weighted by Crippen LogP contribution is 2.31. The van der Waals surface area contributed by atoms with Crippen LogP contribution in [0, 0.1) is 19.8 Å². The van der Waals surface area contributed by atoms with Crippen molar-refractivity contribution < 1.29 is 22.8 Å². The minimum atomic E-state index is -4.49. The molecule has 1 amide bonds. The first-order valence-corrected chi connectivity index (χ1v) is 10.8. The predicted molar refractivity (Wildman–Crippen MR) is 115 cm³/mol. The number of rotatable bonds is 6. The molecular weight excluding hydrogens is 421 g/mol. The molecule has 0 radical (unpaired) electrons. The van der Waals surface area contributed by atoms with Gasteiger partial charge in [0.2, 0.25) is 0 Å². The zero-order valence-corrected chi connectivity index (χ0v) is 18.8. The third kappa shape index (κ3) is 5.20. The topological polar surface area (TPSA) is 67.2 Å². The van der Waals surface area contributed by atoms with Crippen molar-refractivity contribution >= 4 is 11.7 Å². The molecular formula is C23H29F3N4O2.